The topological polar surface area (TPSA) is 59.9 Å². The van der Waals surface area contributed by atoms with Crippen LogP contribution in [-0.2, 0) is 0 Å². The number of nitrogens with one attached hydrogen (secondary N) is 1. The molecule has 0 amide bonds. The Kier molecular flexibility index (Phi) is 4.23. The van der Waals surface area contributed by atoms with Crippen LogP contribution < -0.4 is 10.1 Å². The Bertz CT molecular complexity index is 641. The van der Waals surface area contributed by atoms with Gasteiger partial charge >= 0.3 is 6.01 Å². The molecule has 0 aliphatic heterocycles. The Morgan fingerprint density at radius 3 is 2.65 bits per heavy atom. The predicted molar refractivity (Wildman–Crippen MR) is 65.6 cm³/mol. The molecule has 1 N–H and O–H groups in total. The molecule has 1 aromatic heterocycles. The van der Waals surface area contributed by atoms with Gasteiger partial charge in [-0.15, -0.1) is 0 Å². The van der Waals surface area contributed by atoms with Gasteiger partial charge in [-0.1, -0.05) is 0 Å². The number of nitrogens with zero attached hydrogens (tertiary/aromatic N) is 3. The zero-order chi connectivity index (χ0) is 14.7. The van der Waals surface area contributed by atoms with Gasteiger partial charge in [0.1, 0.15) is 5.82 Å². The first-order valence-electron chi connectivity index (χ1n) is 5.45. The zero-order valence-electron chi connectivity index (χ0n) is 10.1. The number of anilines is 2. The monoisotopic (exact) mass is 304 g/mol. The normalized spacial score (nSPS) is 10.4. The third-order valence-corrected chi connectivity index (χ3v) is 2.27. The molecule has 2 aromatic rings. The molecule has 20 heavy (non-hydrogen) atoms. The average Bonchev–Trinajstić information content (AvgIpc) is 2.35. The van der Waals surface area contributed by atoms with Crippen LogP contribution in [0.2, 0.25) is 5.28 Å². The summed E-state index contributed by atoms with van der Waals surface area (Å²) in [4.78, 5) is 11.1. The van der Waals surface area contributed by atoms with E-state index in [1.54, 1.807) is 6.92 Å². The zero-order valence-corrected chi connectivity index (χ0v) is 10.9. The maximum atomic E-state index is 13.5. The lowest BCUT2D eigenvalue weighted by molar-refractivity contribution is 0.312. The van der Waals surface area contributed by atoms with E-state index in [0.717, 1.165) is 6.07 Å². The quantitative estimate of drug-likeness (QED) is 0.880. The smallest absolute Gasteiger partial charge is 0.322 e. The summed E-state index contributed by atoms with van der Waals surface area (Å²) in [7, 11) is 0. The average molecular weight is 305 g/mol. The molecular formula is C11H8ClF3N4O. The van der Waals surface area contributed by atoms with Crippen LogP contribution >= 0.6 is 11.6 Å². The van der Waals surface area contributed by atoms with Crippen molar-refractivity contribution in [3.05, 3.63) is 34.9 Å². The highest BCUT2D eigenvalue weighted by molar-refractivity contribution is 6.28. The molecule has 2 rings (SSSR count). The number of hydrogen-bond donors (Lipinski definition) is 1. The minimum absolute atomic E-state index is 0.0905. The van der Waals surface area contributed by atoms with Crippen molar-refractivity contribution in [2.75, 3.05) is 11.9 Å². The highest BCUT2D eigenvalue weighted by atomic mass is 35.5. The van der Waals surface area contributed by atoms with Crippen LogP contribution in [0.3, 0.4) is 0 Å². The van der Waals surface area contributed by atoms with E-state index < -0.39 is 23.1 Å². The van der Waals surface area contributed by atoms with Crippen molar-refractivity contribution in [3.8, 4) is 6.01 Å². The lowest BCUT2D eigenvalue weighted by Crippen LogP contribution is -2.05. The minimum atomic E-state index is -1.34. The number of hydrogen-bond acceptors (Lipinski definition) is 5. The standard InChI is InChI=1S/C11H8ClF3N4O/c1-2-20-11-18-9(12)17-10(19-11)16-7-4-5(13)3-6(14)8(7)15/h3-4H,2H2,1H3,(H,16,17,18,19). The van der Waals surface area contributed by atoms with Crippen LogP contribution in [0.15, 0.2) is 12.1 Å². The maximum absolute atomic E-state index is 13.5. The van der Waals surface area contributed by atoms with Gasteiger partial charge in [0.25, 0.3) is 0 Å². The van der Waals surface area contributed by atoms with Crippen LogP contribution in [0.25, 0.3) is 0 Å². The summed E-state index contributed by atoms with van der Waals surface area (Å²) in [5, 5.41) is 2.11. The SMILES string of the molecule is CCOc1nc(Cl)nc(Nc2cc(F)cc(F)c2F)n1. The van der Waals surface area contributed by atoms with Crippen LogP contribution in [0.4, 0.5) is 24.8 Å². The van der Waals surface area contributed by atoms with E-state index in [1.165, 1.54) is 0 Å². The molecule has 1 heterocycles. The second kappa shape index (κ2) is 5.91. The van der Waals surface area contributed by atoms with Gasteiger partial charge in [0.2, 0.25) is 11.2 Å². The van der Waals surface area contributed by atoms with E-state index in [4.69, 9.17) is 16.3 Å². The first kappa shape index (κ1) is 14.3. The Morgan fingerprint density at radius 1 is 1.20 bits per heavy atom. The van der Waals surface area contributed by atoms with Gasteiger partial charge in [-0.25, -0.2) is 13.2 Å². The van der Waals surface area contributed by atoms with Crippen molar-refractivity contribution in [2.45, 2.75) is 6.92 Å². The fourth-order valence-corrected chi connectivity index (χ4v) is 1.50. The Balaban J connectivity index is 2.34. The molecule has 0 aliphatic carbocycles. The molecule has 0 saturated heterocycles. The van der Waals surface area contributed by atoms with Gasteiger partial charge in [0.05, 0.1) is 12.3 Å². The molecule has 0 unspecified atom stereocenters. The Hall–Kier alpha value is -2.09. The molecule has 0 fully saturated rings. The second-order valence-corrected chi connectivity index (χ2v) is 3.86. The largest absolute Gasteiger partial charge is 0.464 e. The molecule has 106 valence electrons. The van der Waals surface area contributed by atoms with E-state index in [0.29, 0.717) is 6.07 Å². The second-order valence-electron chi connectivity index (χ2n) is 3.52. The van der Waals surface area contributed by atoms with Crippen LogP contribution in [-0.4, -0.2) is 21.6 Å². The molecule has 9 heteroatoms. The fourth-order valence-electron chi connectivity index (χ4n) is 1.35. The summed E-state index contributed by atoms with van der Waals surface area (Å²) in [6, 6.07) is 1.09. The van der Waals surface area contributed by atoms with E-state index >= 15 is 0 Å². The van der Waals surface area contributed by atoms with Gasteiger partial charge in [0, 0.05) is 12.1 Å². The number of aromatic nitrogens is 3. The summed E-state index contributed by atoms with van der Waals surface area (Å²) >= 11 is 5.63. The predicted octanol–water partition coefficient (Wildman–Crippen LogP) is 3.08. The van der Waals surface area contributed by atoms with E-state index in [2.05, 4.69) is 20.3 Å². The van der Waals surface area contributed by atoms with E-state index in [-0.39, 0.29) is 23.8 Å². The van der Waals surface area contributed by atoms with Crippen molar-refractivity contribution in [2.24, 2.45) is 0 Å². The van der Waals surface area contributed by atoms with Crippen molar-refractivity contribution in [1.29, 1.82) is 0 Å². The van der Waals surface area contributed by atoms with Gasteiger partial charge in [-0.2, -0.15) is 15.0 Å². The first-order valence-corrected chi connectivity index (χ1v) is 5.83. The van der Waals surface area contributed by atoms with Crippen LogP contribution in [0, 0.1) is 17.5 Å². The summed E-state index contributed by atoms with van der Waals surface area (Å²) in [6.07, 6.45) is 0. The van der Waals surface area contributed by atoms with Gasteiger partial charge in [-0.05, 0) is 18.5 Å². The van der Waals surface area contributed by atoms with E-state index in [1.807, 2.05) is 0 Å². The molecule has 0 spiro atoms. The summed E-state index contributed by atoms with van der Waals surface area (Å²) in [5.74, 6) is -3.74. The lowest BCUT2D eigenvalue weighted by atomic mass is 10.3. The van der Waals surface area contributed by atoms with Crippen molar-refractivity contribution in [3.63, 3.8) is 0 Å². The summed E-state index contributed by atoms with van der Waals surface area (Å²) in [5.41, 5.74) is -0.466. The third kappa shape index (κ3) is 3.27. The lowest BCUT2D eigenvalue weighted by Gasteiger charge is -2.08. The van der Waals surface area contributed by atoms with Crippen LogP contribution in [0.1, 0.15) is 6.92 Å². The molecule has 5 nitrogen and oxygen atoms in total. The van der Waals surface area contributed by atoms with Gasteiger partial charge in [-0.3, -0.25) is 0 Å². The van der Waals surface area contributed by atoms with Crippen LogP contribution in [0.5, 0.6) is 6.01 Å². The number of benzene rings is 1. The maximum Gasteiger partial charge on any atom is 0.322 e. The molecule has 0 bridgehead atoms. The highest BCUT2D eigenvalue weighted by Gasteiger charge is 2.13. The molecular weight excluding hydrogens is 297 g/mol. The molecule has 0 saturated carbocycles. The molecule has 0 aliphatic rings. The molecule has 0 radical (unpaired) electrons. The van der Waals surface area contributed by atoms with Gasteiger partial charge in [0.15, 0.2) is 11.6 Å². The number of rotatable bonds is 4. The number of ether oxygens (including phenoxy) is 1. The van der Waals surface area contributed by atoms with Gasteiger partial charge < -0.3 is 10.1 Å². The van der Waals surface area contributed by atoms with Crippen molar-refractivity contribution in [1.82, 2.24) is 15.0 Å². The first-order chi connectivity index (χ1) is 9.49. The highest BCUT2D eigenvalue weighted by Crippen LogP contribution is 2.22. The Labute approximate surface area is 116 Å². The minimum Gasteiger partial charge on any atom is -0.464 e. The summed E-state index contributed by atoms with van der Waals surface area (Å²) < 4.78 is 44.6. The van der Waals surface area contributed by atoms with Crippen molar-refractivity contribution >= 4 is 23.2 Å². The fraction of sp³-hybridized carbons (Fsp3) is 0.182. The molecule has 1 aromatic carbocycles. The molecule has 0 atom stereocenters. The Morgan fingerprint density at radius 2 is 1.95 bits per heavy atom. The summed E-state index contributed by atoms with van der Waals surface area (Å²) in [6.45, 7) is 1.98. The number of halogens is 4. The van der Waals surface area contributed by atoms with Crippen molar-refractivity contribution < 1.29 is 17.9 Å². The third-order valence-electron chi connectivity index (χ3n) is 2.10. The van der Waals surface area contributed by atoms with E-state index in [9.17, 15) is 13.2 Å².